The van der Waals surface area contributed by atoms with E-state index in [4.69, 9.17) is 5.11 Å². The summed E-state index contributed by atoms with van der Waals surface area (Å²) in [4.78, 5) is 14.0. The number of hydrogen-bond acceptors (Lipinski definition) is 3. The largest absolute Gasteiger partial charge is 0.628 e. The van der Waals surface area contributed by atoms with Crippen LogP contribution in [0.1, 0.15) is 6.42 Å². The van der Waals surface area contributed by atoms with Crippen molar-refractivity contribution < 1.29 is 15.0 Å². The Morgan fingerprint density at radius 1 is 1.62 bits per heavy atom. The van der Waals surface area contributed by atoms with E-state index in [1.807, 2.05) is 0 Å². The zero-order valence-electron chi connectivity index (χ0n) is 6.93. The third kappa shape index (κ3) is 3.18. The predicted molar refractivity (Wildman–Crippen MR) is 45.3 cm³/mol. The van der Waals surface area contributed by atoms with Crippen LogP contribution in [0.2, 0.25) is 0 Å². The normalized spacial score (nSPS) is 12.4. The third-order valence-corrected chi connectivity index (χ3v) is 1.52. The Morgan fingerprint density at radius 2 is 2.38 bits per heavy atom. The van der Waals surface area contributed by atoms with Gasteiger partial charge in [-0.05, 0) is 6.07 Å². The molecule has 0 fully saturated rings. The first-order valence-corrected chi connectivity index (χ1v) is 3.86. The summed E-state index contributed by atoms with van der Waals surface area (Å²) >= 11 is 0. The molecule has 0 saturated carbocycles. The van der Waals surface area contributed by atoms with Crippen LogP contribution in [-0.2, 0) is 4.79 Å². The highest BCUT2D eigenvalue weighted by molar-refractivity contribution is 5.66. The lowest BCUT2D eigenvalue weighted by Crippen LogP contribution is -3.02. The van der Waals surface area contributed by atoms with E-state index >= 15 is 0 Å². The molecule has 13 heavy (non-hydrogen) atoms. The Morgan fingerprint density at radius 3 is 2.92 bits per heavy atom. The minimum atomic E-state index is -0.968. The second-order valence-electron chi connectivity index (χ2n) is 2.53. The van der Waals surface area contributed by atoms with Crippen LogP contribution < -0.4 is 5.06 Å². The maximum absolute atomic E-state index is 11.2. The molecule has 0 bridgehead atoms. The number of carbonyl (C=O) groups is 1. The van der Waals surface area contributed by atoms with Crippen molar-refractivity contribution in [3.05, 3.63) is 29.6 Å². The van der Waals surface area contributed by atoms with E-state index in [1.165, 1.54) is 6.20 Å². The molecule has 1 aromatic heterocycles. The number of hydroxylamine groups is 1. The quantitative estimate of drug-likeness (QED) is 0.619. The molecule has 0 radical (unpaired) electrons. The molecule has 1 aromatic rings. The van der Waals surface area contributed by atoms with Gasteiger partial charge in [-0.25, -0.2) is 4.98 Å². The lowest BCUT2D eigenvalue weighted by molar-refractivity contribution is -0.778. The number of carboxylic acids is 1. The Kier molecular flexibility index (Phi) is 3.36. The van der Waals surface area contributed by atoms with Crippen LogP contribution in [0.4, 0.5) is 5.82 Å². The Hall–Kier alpha value is -1.46. The Labute approximate surface area is 75.2 Å². The van der Waals surface area contributed by atoms with Gasteiger partial charge in [-0.2, -0.15) is 0 Å². The number of aliphatic carboxylic acids is 1. The summed E-state index contributed by atoms with van der Waals surface area (Å²) in [5.74, 6) is -0.645. The van der Waals surface area contributed by atoms with Gasteiger partial charge < -0.3 is 15.4 Å². The SMILES string of the molecule is O=C(O)CC[NH+]([O-])c1ccccn1. The van der Waals surface area contributed by atoms with Crippen molar-refractivity contribution in [2.24, 2.45) is 0 Å². The second-order valence-corrected chi connectivity index (χ2v) is 2.53. The van der Waals surface area contributed by atoms with Crippen molar-refractivity contribution in [1.29, 1.82) is 0 Å². The first kappa shape index (κ1) is 9.63. The van der Waals surface area contributed by atoms with Crippen molar-refractivity contribution in [1.82, 2.24) is 4.98 Å². The number of nitrogens with one attached hydrogen (secondary N) is 1. The number of carboxylic acid groups (broad SMARTS) is 1. The maximum Gasteiger partial charge on any atom is 0.309 e. The van der Waals surface area contributed by atoms with E-state index in [9.17, 15) is 10.0 Å². The van der Waals surface area contributed by atoms with Crippen LogP contribution in [0.3, 0.4) is 0 Å². The zero-order chi connectivity index (χ0) is 9.68. The maximum atomic E-state index is 11.2. The summed E-state index contributed by atoms with van der Waals surface area (Å²) in [5.41, 5.74) is 0. The van der Waals surface area contributed by atoms with Gasteiger partial charge >= 0.3 is 5.97 Å². The Bertz CT molecular complexity index is 276. The van der Waals surface area contributed by atoms with Crippen LogP contribution in [-0.4, -0.2) is 22.6 Å². The summed E-state index contributed by atoms with van der Waals surface area (Å²) in [6.45, 7) is 0.00630. The van der Waals surface area contributed by atoms with Crippen LogP contribution in [0.25, 0.3) is 0 Å². The van der Waals surface area contributed by atoms with E-state index in [-0.39, 0.29) is 18.0 Å². The fourth-order valence-electron chi connectivity index (χ4n) is 0.876. The molecular weight excluding hydrogens is 172 g/mol. The van der Waals surface area contributed by atoms with Gasteiger partial charge in [0.2, 0.25) is 5.82 Å². The Balaban J connectivity index is 2.49. The molecule has 70 valence electrons. The highest BCUT2D eigenvalue weighted by atomic mass is 16.5. The monoisotopic (exact) mass is 182 g/mol. The number of nitrogens with zero attached hydrogens (tertiary/aromatic N) is 1. The molecule has 0 aromatic carbocycles. The smallest absolute Gasteiger partial charge is 0.309 e. The number of aromatic nitrogens is 1. The number of hydrogen-bond donors (Lipinski definition) is 2. The fourth-order valence-corrected chi connectivity index (χ4v) is 0.876. The fraction of sp³-hybridized carbons (Fsp3) is 0.250. The third-order valence-electron chi connectivity index (χ3n) is 1.52. The first-order chi connectivity index (χ1) is 6.20. The standard InChI is InChI=1S/C8H10N2O3/c11-8(12)4-6-10(13)7-3-1-2-5-9-7/h1-3,5,10H,4,6H2,(H,11,12). The average molecular weight is 182 g/mol. The summed E-state index contributed by atoms with van der Waals surface area (Å²) in [6.07, 6.45) is 1.36. The molecular formula is C8H10N2O3. The van der Waals surface area contributed by atoms with Crippen LogP contribution in [0.15, 0.2) is 24.4 Å². The molecule has 1 heterocycles. The average Bonchev–Trinajstić information content (AvgIpc) is 2.15. The van der Waals surface area contributed by atoms with Crippen LogP contribution >= 0.6 is 0 Å². The summed E-state index contributed by atoms with van der Waals surface area (Å²) < 4.78 is 0. The lowest BCUT2D eigenvalue weighted by Gasteiger charge is -2.18. The van der Waals surface area contributed by atoms with Gasteiger partial charge in [0.05, 0.1) is 13.0 Å². The predicted octanol–water partition coefficient (Wildman–Crippen LogP) is -0.430. The zero-order valence-corrected chi connectivity index (χ0v) is 6.93. The van der Waals surface area contributed by atoms with Gasteiger partial charge in [-0.3, -0.25) is 4.79 Å². The molecule has 2 N–H and O–H groups in total. The van der Waals surface area contributed by atoms with Gasteiger partial charge in [0.15, 0.2) is 0 Å². The van der Waals surface area contributed by atoms with Gasteiger partial charge in [0.25, 0.3) is 0 Å². The molecule has 0 amide bonds. The van der Waals surface area contributed by atoms with Crippen molar-refractivity contribution >= 4 is 11.8 Å². The molecule has 1 atom stereocenters. The van der Waals surface area contributed by atoms with E-state index in [1.54, 1.807) is 18.2 Å². The van der Waals surface area contributed by atoms with Gasteiger partial charge in [-0.15, -0.1) is 0 Å². The number of rotatable bonds is 4. The molecule has 0 aliphatic heterocycles. The molecule has 0 spiro atoms. The molecule has 1 unspecified atom stereocenters. The second kappa shape index (κ2) is 4.54. The van der Waals surface area contributed by atoms with Gasteiger partial charge in [-0.1, -0.05) is 6.07 Å². The molecule has 5 nitrogen and oxygen atoms in total. The first-order valence-electron chi connectivity index (χ1n) is 3.86. The highest BCUT2D eigenvalue weighted by Crippen LogP contribution is 1.91. The van der Waals surface area contributed by atoms with Crippen molar-refractivity contribution in [3.8, 4) is 0 Å². The summed E-state index contributed by atoms with van der Waals surface area (Å²) in [7, 11) is 0. The van der Waals surface area contributed by atoms with E-state index < -0.39 is 5.97 Å². The minimum absolute atomic E-state index is 0.00630. The minimum Gasteiger partial charge on any atom is -0.628 e. The van der Waals surface area contributed by atoms with Crippen LogP contribution in [0.5, 0.6) is 0 Å². The number of quaternary nitrogens is 1. The van der Waals surface area contributed by atoms with Crippen molar-refractivity contribution in [2.75, 3.05) is 6.54 Å². The van der Waals surface area contributed by atoms with Gasteiger partial charge in [0, 0.05) is 12.3 Å². The van der Waals surface area contributed by atoms with E-state index in [0.29, 0.717) is 5.82 Å². The van der Waals surface area contributed by atoms with Crippen LogP contribution in [0, 0.1) is 5.21 Å². The van der Waals surface area contributed by atoms with Gasteiger partial charge in [0.1, 0.15) is 0 Å². The van der Waals surface area contributed by atoms with Crippen molar-refractivity contribution in [3.63, 3.8) is 0 Å². The highest BCUT2D eigenvalue weighted by Gasteiger charge is 2.05. The molecule has 0 aliphatic rings. The topological polar surface area (TPSA) is 77.7 Å². The number of pyridine rings is 1. The molecule has 5 heteroatoms. The summed E-state index contributed by atoms with van der Waals surface area (Å²) in [5, 5.41) is 19.3. The summed E-state index contributed by atoms with van der Waals surface area (Å²) in [6, 6.07) is 4.97. The molecule has 0 aliphatic carbocycles. The lowest BCUT2D eigenvalue weighted by atomic mass is 10.4. The van der Waals surface area contributed by atoms with Crippen molar-refractivity contribution in [2.45, 2.75) is 6.42 Å². The molecule has 0 saturated heterocycles. The van der Waals surface area contributed by atoms with E-state index in [2.05, 4.69) is 4.98 Å². The van der Waals surface area contributed by atoms with E-state index in [0.717, 1.165) is 0 Å². The molecule has 1 rings (SSSR count).